The Balaban J connectivity index is 2.73. The number of aliphatic hydroxyl groups excluding tert-OH is 1. The lowest BCUT2D eigenvalue weighted by molar-refractivity contribution is -0.134. The topological polar surface area (TPSA) is 46.5 Å². The van der Waals surface area contributed by atoms with E-state index in [-0.39, 0.29) is 6.61 Å². The van der Waals surface area contributed by atoms with Gasteiger partial charge < -0.3 is 9.84 Å². The second-order valence-corrected chi connectivity index (χ2v) is 3.31. The molecule has 70 valence electrons. The van der Waals surface area contributed by atoms with Crippen LogP contribution in [-0.2, 0) is 16.1 Å². The molecule has 0 aliphatic carbocycles. The summed E-state index contributed by atoms with van der Waals surface area (Å²) in [6.07, 6.45) is 2.97. The molecule has 0 spiro atoms. The van der Waals surface area contributed by atoms with E-state index in [1.165, 1.54) is 24.5 Å². The van der Waals surface area contributed by atoms with Crippen LogP contribution < -0.4 is 0 Å². The van der Waals surface area contributed by atoms with E-state index in [4.69, 9.17) is 5.11 Å². The third kappa shape index (κ3) is 2.68. The number of esters is 1. The Morgan fingerprint density at radius 3 is 3.15 bits per heavy atom. The third-order valence-corrected chi connectivity index (χ3v) is 2.45. The second-order valence-electron chi connectivity index (χ2n) is 2.31. The molecule has 13 heavy (non-hydrogen) atoms. The van der Waals surface area contributed by atoms with Crippen LogP contribution in [0.15, 0.2) is 17.5 Å². The molecule has 1 rings (SSSR count). The molecule has 0 saturated heterocycles. The highest BCUT2D eigenvalue weighted by Gasteiger charge is 1.99. The van der Waals surface area contributed by atoms with E-state index in [0.717, 1.165) is 10.4 Å². The van der Waals surface area contributed by atoms with Gasteiger partial charge in [-0.1, -0.05) is 0 Å². The zero-order chi connectivity index (χ0) is 9.68. The van der Waals surface area contributed by atoms with Crippen LogP contribution in [0.5, 0.6) is 0 Å². The minimum absolute atomic E-state index is 0.00148. The minimum atomic E-state index is -0.393. The zero-order valence-corrected chi connectivity index (χ0v) is 8.00. The molecule has 0 aromatic carbocycles. The Labute approximate surface area is 80.3 Å². The van der Waals surface area contributed by atoms with Gasteiger partial charge in [0, 0.05) is 11.0 Å². The molecule has 0 aliphatic heterocycles. The molecule has 0 bridgehead atoms. The number of ether oxygens (including phenoxy) is 1. The number of rotatable bonds is 3. The summed E-state index contributed by atoms with van der Waals surface area (Å²) in [5.41, 5.74) is 0.859. The highest BCUT2D eigenvalue weighted by atomic mass is 32.1. The van der Waals surface area contributed by atoms with E-state index in [1.807, 2.05) is 11.4 Å². The van der Waals surface area contributed by atoms with Gasteiger partial charge in [0.25, 0.3) is 0 Å². The molecule has 0 radical (unpaired) electrons. The lowest BCUT2D eigenvalue weighted by atomic mass is 10.2. The summed E-state index contributed by atoms with van der Waals surface area (Å²) in [4.78, 5) is 11.6. The lowest BCUT2D eigenvalue weighted by Crippen LogP contribution is -1.93. The van der Waals surface area contributed by atoms with Crippen molar-refractivity contribution in [1.82, 2.24) is 0 Å². The Hall–Kier alpha value is -1.13. The van der Waals surface area contributed by atoms with Crippen LogP contribution in [0.4, 0.5) is 0 Å². The Bertz CT molecular complexity index is 314. The molecule has 0 amide bonds. The summed E-state index contributed by atoms with van der Waals surface area (Å²) < 4.78 is 4.44. The zero-order valence-electron chi connectivity index (χ0n) is 7.19. The first kappa shape index (κ1) is 9.95. The molecule has 1 aromatic rings. The fourth-order valence-electron chi connectivity index (χ4n) is 0.853. The molecule has 1 heterocycles. The van der Waals surface area contributed by atoms with Gasteiger partial charge in [0.15, 0.2) is 0 Å². The smallest absolute Gasteiger partial charge is 0.330 e. The van der Waals surface area contributed by atoms with Crippen molar-refractivity contribution < 1.29 is 14.6 Å². The normalized spacial score (nSPS) is 10.6. The Kier molecular flexibility index (Phi) is 3.67. The summed E-state index contributed by atoms with van der Waals surface area (Å²) in [5, 5.41) is 10.8. The van der Waals surface area contributed by atoms with Crippen molar-refractivity contribution in [2.24, 2.45) is 0 Å². The average molecular weight is 198 g/mol. The summed E-state index contributed by atoms with van der Waals surface area (Å²) in [6.45, 7) is -0.00148. The van der Waals surface area contributed by atoms with Gasteiger partial charge >= 0.3 is 5.97 Å². The maximum Gasteiger partial charge on any atom is 0.330 e. The SMILES string of the molecule is COC(=O)C=Cc1ccsc1CO. The standard InChI is InChI=1S/C9H10O3S/c1-12-9(11)3-2-7-4-5-13-8(7)6-10/h2-5,10H,6H2,1H3. The van der Waals surface area contributed by atoms with Crippen molar-refractivity contribution in [2.75, 3.05) is 7.11 Å². The monoisotopic (exact) mass is 198 g/mol. The molecule has 0 fully saturated rings. The maximum absolute atomic E-state index is 10.7. The van der Waals surface area contributed by atoms with Gasteiger partial charge in [0.1, 0.15) is 0 Å². The summed E-state index contributed by atoms with van der Waals surface area (Å²) in [7, 11) is 1.33. The Morgan fingerprint density at radius 2 is 2.54 bits per heavy atom. The van der Waals surface area contributed by atoms with Crippen molar-refractivity contribution in [1.29, 1.82) is 0 Å². The van der Waals surface area contributed by atoms with Crippen LogP contribution in [0, 0.1) is 0 Å². The molecule has 0 aliphatic rings. The van der Waals surface area contributed by atoms with E-state index in [0.29, 0.717) is 0 Å². The van der Waals surface area contributed by atoms with E-state index in [2.05, 4.69) is 4.74 Å². The molecule has 0 saturated carbocycles. The van der Waals surface area contributed by atoms with E-state index < -0.39 is 5.97 Å². The van der Waals surface area contributed by atoms with E-state index in [1.54, 1.807) is 6.08 Å². The van der Waals surface area contributed by atoms with Gasteiger partial charge in [0.05, 0.1) is 13.7 Å². The molecular weight excluding hydrogens is 188 g/mol. The predicted octanol–water partition coefficient (Wildman–Crippen LogP) is 1.43. The van der Waals surface area contributed by atoms with Crippen molar-refractivity contribution in [3.05, 3.63) is 28.0 Å². The van der Waals surface area contributed by atoms with Gasteiger partial charge in [-0.2, -0.15) is 0 Å². The van der Waals surface area contributed by atoms with E-state index in [9.17, 15) is 4.79 Å². The highest BCUT2D eigenvalue weighted by molar-refractivity contribution is 7.10. The van der Waals surface area contributed by atoms with E-state index >= 15 is 0 Å². The highest BCUT2D eigenvalue weighted by Crippen LogP contribution is 2.17. The predicted molar refractivity (Wildman–Crippen MR) is 51.3 cm³/mol. The van der Waals surface area contributed by atoms with Gasteiger partial charge in [-0.3, -0.25) is 0 Å². The quantitative estimate of drug-likeness (QED) is 0.590. The summed E-state index contributed by atoms with van der Waals surface area (Å²) in [6, 6.07) is 1.84. The van der Waals surface area contributed by atoms with Gasteiger partial charge in [0.2, 0.25) is 0 Å². The van der Waals surface area contributed by atoms with Crippen LogP contribution in [0.3, 0.4) is 0 Å². The van der Waals surface area contributed by atoms with Gasteiger partial charge in [-0.15, -0.1) is 11.3 Å². The minimum Gasteiger partial charge on any atom is -0.466 e. The number of carbonyl (C=O) groups excluding carboxylic acids is 1. The maximum atomic E-state index is 10.7. The summed E-state index contributed by atoms with van der Waals surface area (Å²) in [5.74, 6) is -0.393. The largest absolute Gasteiger partial charge is 0.466 e. The van der Waals surface area contributed by atoms with Crippen molar-refractivity contribution in [2.45, 2.75) is 6.61 Å². The first-order valence-corrected chi connectivity index (χ1v) is 4.59. The molecule has 0 atom stereocenters. The molecule has 1 aromatic heterocycles. The van der Waals surface area contributed by atoms with Crippen molar-refractivity contribution in [3.8, 4) is 0 Å². The number of thiophene rings is 1. The van der Waals surface area contributed by atoms with Crippen LogP contribution in [0.2, 0.25) is 0 Å². The molecule has 3 nitrogen and oxygen atoms in total. The molecule has 0 unspecified atom stereocenters. The molecular formula is C9H10O3S. The van der Waals surface area contributed by atoms with Crippen LogP contribution >= 0.6 is 11.3 Å². The fraction of sp³-hybridized carbons (Fsp3) is 0.222. The lowest BCUT2D eigenvalue weighted by Gasteiger charge is -1.92. The number of methoxy groups -OCH3 is 1. The number of aliphatic hydroxyl groups is 1. The first-order chi connectivity index (χ1) is 6.27. The summed E-state index contributed by atoms with van der Waals surface area (Å²) >= 11 is 1.46. The molecule has 1 N–H and O–H groups in total. The Morgan fingerprint density at radius 1 is 1.77 bits per heavy atom. The van der Waals surface area contributed by atoms with Gasteiger partial charge in [-0.05, 0) is 23.1 Å². The average Bonchev–Trinajstić information content (AvgIpc) is 2.61. The number of carbonyl (C=O) groups is 1. The van der Waals surface area contributed by atoms with Crippen LogP contribution in [0.1, 0.15) is 10.4 Å². The second kappa shape index (κ2) is 4.79. The molecule has 4 heteroatoms. The van der Waals surface area contributed by atoms with Crippen LogP contribution in [-0.4, -0.2) is 18.2 Å². The van der Waals surface area contributed by atoms with Crippen molar-refractivity contribution in [3.63, 3.8) is 0 Å². The fourth-order valence-corrected chi connectivity index (χ4v) is 1.58. The first-order valence-electron chi connectivity index (χ1n) is 3.71. The van der Waals surface area contributed by atoms with Gasteiger partial charge in [-0.25, -0.2) is 4.79 Å². The van der Waals surface area contributed by atoms with Crippen LogP contribution in [0.25, 0.3) is 6.08 Å². The third-order valence-electron chi connectivity index (χ3n) is 1.52. The number of hydrogen-bond donors (Lipinski definition) is 1. The number of hydrogen-bond acceptors (Lipinski definition) is 4. The van der Waals surface area contributed by atoms with Crippen molar-refractivity contribution >= 4 is 23.4 Å².